The predicted molar refractivity (Wildman–Crippen MR) is 163 cm³/mol. The van der Waals surface area contributed by atoms with Crippen molar-refractivity contribution in [3.63, 3.8) is 0 Å². The van der Waals surface area contributed by atoms with E-state index in [1.54, 1.807) is 0 Å². The second kappa shape index (κ2) is 12.2. The number of benzene rings is 3. The number of pyridine rings is 1. The Labute approximate surface area is 239 Å². The van der Waals surface area contributed by atoms with Crippen LogP contribution in [0, 0.1) is 0 Å². The molecule has 6 rings (SSSR count). The van der Waals surface area contributed by atoms with Gasteiger partial charge in [-0.2, -0.15) is 0 Å². The summed E-state index contributed by atoms with van der Waals surface area (Å²) in [6, 6.07) is 25.9. The number of nitrogens with two attached hydrogens (primary N) is 1. The number of carbonyl (C=O) groups excluding carboxylic acids is 1. The van der Waals surface area contributed by atoms with Gasteiger partial charge in [-0.15, -0.1) is 0 Å². The molecule has 1 aliphatic heterocycles. The van der Waals surface area contributed by atoms with Gasteiger partial charge in [0.1, 0.15) is 5.82 Å². The fraction of sp³-hybridized carbons (Fsp3) is 0.212. The molecule has 1 amide bonds. The first kappa shape index (κ1) is 26.6. The minimum atomic E-state index is -0.0648. The van der Waals surface area contributed by atoms with Crippen molar-refractivity contribution in [2.75, 3.05) is 36.4 Å². The fourth-order valence-electron chi connectivity index (χ4n) is 5.27. The van der Waals surface area contributed by atoms with Gasteiger partial charge in [-0.25, -0.2) is 4.98 Å². The van der Waals surface area contributed by atoms with E-state index in [1.165, 1.54) is 5.56 Å². The van der Waals surface area contributed by atoms with Crippen LogP contribution in [0.4, 0.5) is 11.5 Å². The van der Waals surface area contributed by atoms with E-state index in [0.717, 1.165) is 77.5 Å². The molecule has 3 N–H and O–H groups in total. The third-order valence-electron chi connectivity index (χ3n) is 7.55. The Balaban J connectivity index is 1.10. The molecule has 0 bridgehead atoms. The molecule has 0 saturated carbocycles. The van der Waals surface area contributed by atoms with Gasteiger partial charge >= 0.3 is 0 Å². The predicted octanol–water partition coefficient (Wildman–Crippen LogP) is 4.65. The lowest BCUT2D eigenvalue weighted by molar-refractivity contribution is -0.115. The van der Waals surface area contributed by atoms with E-state index in [9.17, 15) is 4.79 Å². The summed E-state index contributed by atoms with van der Waals surface area (Å²) in [5.74, 6) is 0.843. The Morgan fingerprint density at radius 1 is 0.829 bits per heavy atom. The molecule has 1 aliphatic rings. The fourth-order valence-corrected chi connectivity index (χ4v) is 5.27. The molecule has 0 aliphatic carbocycles. The lowest BCUT2D eigenvalue weighted by atomic mass is 10.0. The van der Waals surface area contributed by atoms with E-state index in [2.05, 4.69) is 43.3 Å². The second-order valence-corrected chi connectivity index (χ2v) is 10.3. The van der Waals surface area contributed by atoms with Crippen LogP contribution >= 0.6 is 0 Å². The van der Waals surface area contributed by atoms with Crippen LogP contribution in [0.1, 0.15) is 16.7 Å². The summed E-state index contributed by atoms with van der Waals surface area (Å²) in [5.41, 5.74) is 13.6. The van der Waals surface area contributed by atoms with E-state index < -0.39 is 0 Å². The minimum Gasteiger partial charge on any atom is -0.353 e. The number of nitrogens with one attached hydrogen (secondary N) is 1. The molecule has 0 atom stereocenters. The molecular weight excluding hydrogens is 510 g/mol. The normalized spacial score (nSPS) is 13.8. The average Bonchev–Trinajstić information content (AvgIpc) is 3.02. The molecule has 1 saturated heterocycles. The second-order valence-electron chi connectivity index (χ2n) is 10.3. The highest BCUT2D eigenvalue weighted by atomic mass is 16.1. The lowest BCUT2D eigenvalue weighted by Gasteiger charge is -2.35. The molecule has 0 unspecified atom stereocenters. The van der Waals surface area contributed by atoms with Gasteiger partial charge in [-0.05, 0) is 58.1 Å². The van der Waals surface area contributed by atoms with E-state index in [-0.39, 0.29) is 5.91 Å². The van der Waals surface area contributed by atoms with E-state index >= 15 is 0 Å². The number of fused-ring (bicyclic) bond motifs is 1. The molecule has 41 heavy (non-hydrogen) atoms. The summed E-state index contributed by atoms with van der Waals surface area (Å²) in [4.78, 5) is 31.3. The maximum atomic E-state index is 12.6. The first-order valence-electron chi connectivity index (χ1n) is 13.9. The summed E-state index contributed by atoms with van der Waals surface area (Å²) in [7, 11) is 0. The summed E-state index contributed by atoms with van der Waals surface area (Å²) in [5, 5.41) is 3.00. The van der Waals surface area contributed by atoms with Crippen LogP contribution < -0.4 is 16.0 Å². The monoisotopic (exact) mass is 543 g/mol. The first-order valence-corrected chi connectivity index (χ1v) is 13.9. The number of rotatable bonds is 8. The third kappa shape index (κ3) is 6.40. The molecule has 0 radical (unpaired) electrons. The number of carbonyl (C=O) groups is 1. The summed E-state index contributed by atoms with van der Waals surface area (Å²) in [6.45, 7) is 5.09. The van der Waals surface area contributed by atoms with E-state index in [4.69, 9.17) is 10.7 Å². The van der Waals surface area contributed by atoms with Crippen molar-refractivity contribution in [3.05, 3.63) is 114 Å². The van der Waals surface area contributed by atoms with E-state index in [1.807, 2.05) is 79.3 Å². The molecule has 2 aromatic heterocycles. The zero-order valence-corrected chi connectivity index (χ0v) is 22.9. The molecular formula is C33H33N7O. The van der Waals surface area contributed by atoms with E-state index in [0.29, 0.717) is 13.0 Å². The first-order chi connectivity index (χ1) is 20.1. The molecule has 8 heteroatoms. The topological polar surface area (TPSA) is 100 Å². The SMILES string of the molecule is NCc1ccccc1CC(=O)Nc1ccc(-c2ccc3ncc(N4CCN(Cc5cccnc5)CC4)nc3c2)cc1. The molecule has 5 aromatic rings. The molecule has 8 nitrogen and oxygen atoms in total. The highest BCUT2D eigenvalue weighted by Gasteiger charge is 2.19. The summed E-state index contributed by atoms with van der Waals surface area (Å²) in [6.07, 6.45) is 5.92. The number of piperazine rings is 1. The lowest BCUT2D eigenvalue weighted by Crippen LogP contribution is -2.46. The van der Waals surface area contributed by atoms with Crippen LogP contribution in [0.3, 0.4) is 0 Å². The number of aromatic nitrogens is 3. The maximum absolute atomic E-state index is 12.6. The van der Waals surface area contributed by atoms with Crippen LogP contribution in [-0.2, 0) is 24.3 Å². The van der Waals surface area contributed by atoms with Crippen LogP contribution in [0.15, 0.2) is 97.5 Å². The van der Waals surface area contributed by atoms with Gasteiger partial charge in [-0.1, -0.05) is 48.5 Å². The van der Waals surface area contributed by atoms with Crippen molar-refractivity contribution >= 4 is 28.4 Å². The number of anilines is 2. The Hall–Kier alpha value is -4.66. The van der Waals surface area contributed by atoms with Crippen molar-refractivity contribution < 1.29 is 4.79 Å². The minimum absolute atomic E-state index is 0.0648. The van der Waals surface area contributed by atoms with Crippen LogP contribution in [0.25, 0.3) is 22.2 Å². The Kier molecular flexibility index (Phi) is 7.93. The Morgan fingerprint density at radius 2 is 1.61 bits per heavy atom. The molecule has 0 spiro atoms. The zero-order chi connectivity index (χ0) is 28.0. The smallest absolute Gasteiger partial charge is 0.228 e. The highest BCUT2D eigenvalue weighted by molar-refractivity contribution is 5.93. The van der Waals surface area contributed by atoms with Crippen molar-refractivity contribution in [1.82, 2.24) is 19.9 Å². The van der Waals surface area contributed by atoms with Crippen LogP contribution in [0.5, 0.6) is 0 Å². The van der Waals surface area contributed by atoms with Gasteiger partial charge in [0, 0.05) is 57.3 Å². The molecule has 1 fully saturated rings. The van der Waals surface area contributed by atoms with Gasteiger partial charge in [0.25, 0.3) is 0 Å². The van der Waals surface area contributed by atoms with Crippen molar-refractivity contribution in [3.8, 4) is 11.1 Å². The van der Waals surface area contributed by atoms with Gasteiger partial charge in [0.15, 0.2) is 0 Å². The third-order valence-corrected chi connectivity index (χ3v) is 7.55. The summed E-state index contributed by atoms with van der Waals surface area (Å²) < 4.78 is 0. The molecule has 206 valence electrons. The average molecular weight is 544 g/mol. The maximum Gasteiger partial charge on any atom is 0.228 e. The van der Waals surface area contributed by atoms with Gasteiger partial charge in [0.05, 0.1) is 23.7 Å². The number of hydrogen-bond acceptors (Lipinski definition) is 7. The standard InChI is InChI=1S/C33H33N7O/c34-20-28-6-2-1-5-26(28)19-33(41)37-29-10-7-25(8-11-29)27-9-12-30-31(18-27)38-32(22-36-30)40-16-14-39(15-17-40)23-24-4-3-13-35-21-24/h1-13,18,21-22H,14-17,19-20,23,34H2,(H,37,41). The highest BCUT2D eigenvalue weighted by Crippen LogP contribution is 2.26. The molecule has 3 heterocycles. The van der Waals surface area contributed by atoms with Gasteiger partial charge < -0.3 is 16.0 Å². The zero-order valence-electron chi connectivity index (χ0n) is 22.9. The number of nitrogens with zero attached hydrogens (tertiary/aromatic N) is 5. The van der Waals surface area contributed by atoms with Crippen molar-refractivity contribution in [2.45, 2.75) is 19.5 Å². The van der Waals surface area contributed by atoms with Crippen LogP contribution in [0.2, 0.25) is 0 Å². The van der Waals surface area contributed by atoms with Crippen LogP contribution in [-0.4, -0.2) is 51.9 Å². The van der Waals surface area contributed by atoms with Crippen molar-refractivity contribution in [1.29, 1.82) is 0 Å². The Morgan fingerprint density at radius 3 is 2.37 bits per heavy atom. The van der Waals surface area contributed by atoms with Gasteiger partial charge in [0.2, 0.25) is 5.91 Å². The summed E-state index contributed by atoms with van der Waals surface area (Å²) >= 11 is 0. The molecule has 3 aromatic carbocycles. The number of amides is 1. The van der Waals surface area contributed by atoms with Crippen molar-refractivity contribution in [2.24, 2.45) is 5.73 Å². The Bertz CT molecular complexity index is 1630. The van der Waals surface area contributed by atoms with Gasteiger partial charge in [-0.3, -0.25) is 19.7 Å². The number of hydrogen-bond donors (Lipinski definition) is 2. The largest absolute Gasteiger partial charge is 0.353 e. The quantitative estimate of drug-likeness (QED) is 0.294.